The van der Waals surface area contributed by atoms with E-state index in [0.29, 0.717) is 19.3 Å². The van der Waals surface area contributed by atoms with Crippen LogP contribution in [0, 0.1) is 17.5 Å². The molecule has 96 valence electrons. The van der Waals surface area contributed by atoms with Crippen LogP contribution in [0.25, 0.3) is 0 Å². The number of benzene rings is 1. The third-order valence-corrected chi connectivity index (χ3v) is 4.36. The highest BCUT2D eigenvalue weighted by atomic mass is 28.3. The second kappa shape index (κ2) is 6.78. The van der Waals surface area contributed by atoms with Crippen LogP contribution in [0.2, 0.25) is 0 Å². The van der Waals surface area contributed by atoms with E-state index in [1.165, 1.54) is 0 Å². The summed E-state index contributed by atoms with van der Waals surface area (Å²) in [6, 6.07) is 1.60. The van der Waals surface area contributed by atoms with Crippen LogP contribution in [0.1, 0.15) is 19.4 Å². The molecule has 0 bridgehead atoms. The van der Waals surface area contributed by atoms with Crippen molar-refractivity contribution in [1.82, 2.24) is 0 Å². The summed E-state index contributed by atoms with van der Waals surface area (Å²) in [5.74, 6) is -3.00. The van der Waals surface area contributed by atoms with Crippen molar-refractivity contribution in [3.8, 4) is 0 Å². The molecule has 0 aromatic heterocycles. The van der Waals surface area contributed by atoms with E-state index in [1.54, 1.807) is 13.8 Å². The maximum Gasteiger partial charge on any atom is 0.326 e. The quantitative estimate of drug-likeness (QED) is 0.580. The van der Waals surface area contributed by atoms with Gasteiger partial charge in [-0.3, -0.25) is 0 Å². The minimum atomic E-state index is -2.05. The van der Waals surface area contributed by atoms with Gasteiger partial charge in [0.1, 0.15) is 5.82 Å². The van der Waals surface area contributed by atoms with Crippen molar-refractivity contribution in [2.45, 2.75) is 19.9 Å². The summed E-state index contributed by atoms with van der Waals surface area (Å²) in [4.78, 5) is 0. The third kappa shape index (κ3) is 4.14. The van der Waals surface area contributed by atoms with Crippen LogP contribution in [0.4, 0.5) is 13.2 Å². The lowest BCUT2D eigenvalue weighted by atomic mass is 10.2. The Labute approximate surface area is 100 Å². The maximum atomic E-state index is 13.4. The Morgan fingerprint density at radius 3 is 2.00 bits per heavy atom. The van der Waals surface area contributed by atoms with Crippen LogP contribution in [-0.4, -0.2) is 22.5 Å². The van der Waals surface area contributed by atoms with Crippen molar-refractivity contribution >= 4 is 9.28 Å². The van der Waals surface area contributed by atoms with Crippen LogP contribution in [0.5, 0.6) is 0 Å². The van der Waals surface area contributed by atoms with Gasteiger partial charge in [-0.2, -0.15) is 0 Å². The maximum absolute atomic E-state index is 13.4. The molecule has 0 atom stereocenters. The molecular weight excluding hydrogens is 249 g/mol. The summed E-state index contributed by atoms with van der Waals surface area (Å²) in [5.41, 5.74) is 0.0995. The zero-order valence-corrected chi connectivity index (χ0v) is 11.0. The molecular formula is C11H15F3O2Si. The first-order chi connectivity index (χ1) is 8.08. The van der Waals surface area contributed by atoms with Crippen molar-refractivity contribution in [3.05, 3.63) is 35.1 Å². The molecule has 0 fully saturated rings. The SMILES string of the molecule is CCO[SiH](Cc1cc(F)c(F)cc1F)OCC. The Bertz CT molecular complexity index is 368. The first-order valence-electron chi connectivity index (χ1n) is 5.45. The largest absolute Gasteiger partial charge is 0.397 e. The van der Waals surface area contributed by atoms with Crippen molar-refractivity contribution in [3.63, 3.8) is 0 Å². The van der Waals surface area contributed by atoms with Gasteiger partial charge < -0.3 is 8.85 Å². The van der Waals surface area contributed by atoms with Crippen molar-refractivity contribution < 1.29 is 22.0 Å². The van der Waals surface area contributed by atoms with E-state index in [4.69, 9.17) is 8.85 Å². The fourth-order valence-electron chi connectivity index (χ4n) is 1.44. The number of hydrogen-bond acceptors (Lipinski definition) is 2. The van der Waals surface area contributed by atoms with Gasteiger partial charge in [-0.25, -0.2) is 13.2 Å². The molecule has 17 heavy (non-hydrogen) atoms. The monoisotopic (exact) mass is 264 g/mol. The Morgan fingerprint density at radius 2 is 1.47 bits per heavy atom. The van der Waals surface area contributed by atoms with Crippen molar-refractivity contribution in [2.75, 3.05) is 13.2 Å². The highest BCUT2D eigenvalue weighted by Crippen LogP contribution is 2.15. The summed E-state index contributed by atoms with van der Waals surface area (Å²) in [7, 11) is -2.05. The van der Waals surface area contributed by atoms with Gasteiger partial charge >= 0.3 is 9.28 Å². The molecule has 0 aliphatic rings. The van der Waals surface area contributed by atoms with E-state index in [2.05, 4.69) is 0 Å². The van der Waals surface area contributed by atoms with Gasteiger partial charge in [0.15, 0.2) is 11.6 Å². The van der Waals surface area contributed by atoms with Gasteiger partial charge in [0.2, 0.25) is 0 Å². The second-order valence-corrected chi connectivity index (χ2v) is 5.34. The fourth-order valence-corrected chi connectivity index (χ4v) is 3.18. The molecule has 0 saturated carbocycles. The fraction of sp³-hybridized carbons (Fsp3) is 0.455. The summed E-state index contributed by atoms with van der Waals surface area (Å²) in [5, 5.41) is 0. The molecule has 1 aromatic rings. The number of rotatable bonds is 6. The molecule has 0 N–H and O–H groups in total. The van der Waals surface area contributed by atoms with Gasteiger partial charge in [-0.1, -0.05) is 0 Å². The Hall–Kier alpha value is -0.853. The molecule has 0 saturated heterocycles. The molecule has 1 aromatic carbocycles. The van der Waals surface area contributed by atoms with Gasteiger partial charge in [0.05, 0.1) is 0 Å². The van der Waals surface area contributed by atoms with Crippen LogP contribution in [0.15, 0.2) is 12.1 Å². The normalized spacial score (nSPS) is 11.2. The molecule has 0 aliphatic carbocycles. The third-order valence-electron chi connectivity index (χ3n) is 2.18. The molecule has 0 spiro atoms. The first kappa shape index (κ1) is 14.2. The van der Waals surface area contributed by atoms with E-state index in [0.717, 1.165) is 6.07 Å². The predicted molar refractivity (Wildman–Crippen MR) is 60.4 cm³/mol. The van der Waals surface area contributed by atoms with E-state index in [9.17, 15) is 13.2 Å². The van der Waals surface area contributed by atoms with E-state index < -0.39 is 26.7 Å². The molecule has 0 unspecified atom stereocenters. The average Bonchev–Trinajstić information content (AvgIpc) is 2.26. The minimum absolute atomic E-state index is 0.0995. The lowest BCUT2D eigenvalue weighted by Gasteiger charge is -2.15. The molecule has 1 rings (SSSR count). The molecule has 0 amide bonds. The highest BCUT2D eigenvalue weighted by molar-refractivity contribution is 6.43. The molecule has 0 heterocycles. The van der Waals surface area contributed by atoms with Crippen LogP contribution >= 0.6 is 0 Å². The standard InChI is InChI=1S/C11H15F3O2Si/c1-3-15-17(16-4-2)7-8-5-10(13)11(14)6-9(8)12/h5-6,17H,3-4,7H2,1-2H3. The van der Waals surface area contributed by atoms with Gasteiger partial charge in [0.25, 0.3) is 0 Å². The Morgan fingerprint density at radius 1 is 0.941 bits per heavy atom. The lowest BCUT2D eigenvalue weighted by Crippen LogP contribution is -2.27. The van der Waals surface area contributed by atoms with E-state index in [-0.39, 0.29) is 11.6 Å². The average molecular weight is 264 g/mol. The Kier molecular flexibility index (Phi) is 5.67. The van der Waals surface area contributed by atoms with Crippen molar-refractivity contribution in [2.24, 2.45) is 0 Å². The molecule has 6 heteroatoms. The molecule has 0 aliphatic heterocycles. The minimum Gasteiger partial charge on any atom is -0.397 e. The van der Waals surface area contributed by atoms with Gasteiger partial charge in [-0.15, -0.1) is 0 Å². The summed E-state index contributed by atoms with van der Waals surface area (Å²) >= 11 is 0. The molecule has 2 nitrogen and oxygen atoms in total. The van der Waals surface area contributed by atoms with Crippen LogP contribution in [-0.2, 0) is 14.9 Å². The lowest BCUT2D eigenvalue weighted by molar-refractivity contribution is 0.212. The number of hydrogen-bond donors (Lipinski definition) is 0. The smallest absolute Gasteiger partial charge is 0.326 e. The summed E-state index contributed by atoms with van der Waals surface area (Å²) < 4.78 is 49.8. The zero-order valence-electron chi connectivity index (χ0n) is 9.80. The van der Waals surface area contributed by atoms with E-state index in [1.807, 2.05) is 0 Å². The van der Waals surface area contributed by atoms with Crippen molar-refractivity contribution in [1.29, 1.82) is 0 Å². The van der Waals surface area contributed by atoms with Crippen LogP contribution < -0.4 is 0 Å². The summed E-state index contributed by atoms with van der Waals surface area (Å²) in [6.45, 7) is 4.53. The van der Waals surface area contributed by atoms with Gasteiger partial charge in [0, 0.05) is 25.3 Å². The zero-order chi connectivity index (χ0) is 12.8. The molecule has 0 radical (unpaired) electrons. The van der Waals surface area contributed by atoms with Crippen LogP contribution in [0.3, 0.4) is 0 Å². The first-order valence-corrected chi connectivity index (χ1v) is 7.21. The topological polar surface area (TPSA) is 18.5 Å². The summed E-state index contributed by atoms with van der Waals surface area (Å²) in [6.07, 6.45) is 0. The van der Waals surface area contributed by atoms with Gasteiger partial charge in [-0.05, 0) is 25.5 Å². The second-order valence-electron chi connectivity index (χ2n) is 3.40. The number of halogens is 3. The van der Waals surface area contributed by atoms with E-state index >= 15 is 0 Å². The Balaban J connectivity index is 2.81. The predicted octanol–water partition coefficient (Wildman–Crippen LogP) is 2.48. The highest BCUT2D eigenvalue weighted by Gasteiger charge is 2.18.